The third-order valence-electron chi connectivity index (χ3n) is 12.3. The van der Waals surface area contributed by atoms with E-state index in [0.717, 1.165) is 50.7 Å². The zero-order valence-electron chi connectivity index (χ0n) is 36.3. The Morgan fingerprint density at radius 3 is 2.51 bits per heavy atom. The van der Waals surface area contributed by atoms with Gasteiger partial charge in [0, 0.05) is 99.4 Å². The number of piperazine rings is 2. The van der Waals surface area contributed by atoms with E-state index < -0.39 is 37.3 Å². The van der Waals surface area contributed by atoms with Crippen molar-refractivity contribution in [3.05, 3.63) is 123 Å². The van der Waals surface area contributed by atoms with Gasteiger partial charge in [-0.25, -0.2) is 17.5 Å². The number of nitrogens with one attached hydrogen (secondary N) is 4. The summed E-state index contributed by atoms with van der Waals surface area (Å²) in [4.78, 5) is 46.2. The van der Waals surface area contributed by atoms with Gasteiger partial charge in [-0.3, -0.25) is 29.5 Å². The normalized spacial score (nSPS) is 17.2. The Morgan fingerprint density at radius 2 is 1.75 bits per heavy atom. The largest absolute Gasteiger partial charge is 0.456 e. The minimum Gasteiger partial charge on any atom is -0.456 e. The molecule has 4 aromatic carbocycles. The van der Waals surface area contributed by atoms with Crippen molar-refractivity contribution in [2.24, 2.45) is 5.41 Å². The molecule has 0 atom stereocenters. The first-order valence-corrected chi connectivity index (χ1v) is 23.6. The number of carbonyl (C=O) groups is 2. The Balaban J connectivity index is 0.994. The number of carbonyl (C=O) groups excluding carboxylic acids is 2. The highest BCUT2D eigenvalue weighted by atomic mass is 35.5. The molecule has 0 bridgehead atoms. The minimum atomic E-state index is -4.65. The number of nitro benzene ring substituents is 1. The summed E-state index contributed by atoms with van der Waals surface area (Å²) in [6, 6.07) is 20.5. The summed E-state index contributed by atoms with van der Waals surface area (Å²) in [6.07, 6.45) is 5.32. The average Bonchev–Trinajstić information content (AvgIpc) is 3.75. The topological polar surface area (TPSA) is 182 Å². The minimum absolute atomic E-state index is 0.0102. The quantitative estimate of drug-likeness (QED) is 0.0457. The molecule has 0 spiro atoms. The van der Waals surface area contributed by atoms with Gasteiger partial charge in [-0.1, -0.05) is 43.2 Å². The molecule has 1 aliphatic carbocycles. The number of nitro groups is 1. The highest BCUT2D eigenvalue weighted by Crippen LogP contribution is 2.44. The standard InChI is InChI=1S/C47H52ClFN8O7S/c1-47(2)14-12-32(39(28-47)31-4-6-33(48)7-5-31)29-55-20-22-56(23-21-55)35-8-10-38(44(26-35)64-43-25-34(49)24-41-37(43)13-16-51-41)46(59)53-65(62,63)36-9-11-40(42(27-36)57(60)61)50-15-3-18-54-19-17-52-45(58)30-54/h4-11,13,16,24-27,50-51H,3,12,14-15,17-23,28-30H2,1-2H3,(H,52,58)(H,53,59). The molecule has 0 unspecified atom stereocenters. The Hall–Kier alpha value is -6.01. The number of halogens is 2. The molecule has 3 aliphatic rings. The maximum Gasteiger partial charge on any atom is 0.293 e. The monoisotopic (exact) mass is 926 g/mol. The maximum absolute atomic E-state index is 14.8. The smallest absolute Gasteiger partial charge is 0.293 e. The SMILES string of the molecule is CC1(C)CCC(CN2CCN(c3ccc(C(=O)NS(=O)(=O)c4ccc(NCCCN5CCNC(=O)C5)c([N+](=O)[O-])c4)c(Oc4cc(F)cc5[nH]ccc45)c3)CC2)=C(c2ccc(Cl)cc2)C1. The molecule has 2 amide bonds. The van der Waals surface area contributed by atoms with Crippen LogP contribution in [0.3, 0.4) is 0 Å². The highest BCUT2D eigenvalue weighted by Gasteiger charge is 2.31. The van der Waals surface area contributed by atoms with Crippen LogP contribution < -0.4 is 25.0 Å². The van der Waals surface area contributed by atoms with Gasteiger partial charge in [0.2, 0.25) is 5.91 Å². The van der Waals surface area contributed by atoms with E-state index in [-0.39, 0.29) is 40.6 Å². The predicted molar refractivity (Wildman–Crippen MR) is 250 cm³/mol. The Kier molecular flexibility index (Phi) is 13.5. The predicted octanol–water partition coefficient (Wildman–Crippen LogP) is 7.80. The number of benzene rings is 4. The Bertz CT molecular complexity index is 2750. The molecule has 5 aromatic rings. The fourth-order valence-corrected chi connectivity index (χ4v) is 9.91. The van der Waals surface area contributed by atoms with Gasteiger partial charge >= 0.3 is 0 Å². The van der Waals surface area contributed by atoms with Gasteiger partial charge in [-0.15, -0.1) is 0 Å². The summed E-state index contributed by atoms with van der Waals surface area (Å²) < 4.78 is 50.7. The first-order valence-electron chi connectivity index (χ1n) is 21.7. The summed E-state index contributed by atoms with van der Waals surface area (Å²) in [6.45, 7) is 10.8. The summed E-state index contributed by atoms with van der Waals surface area (Å²) in [5, 5.41) is 19.1. The van der Waals surface area contributed by atoms with E-state index in [2.05, 4.69) is 56.1 Å². The number of H-pyrrole nitrogens is 1. The second-order valence-electron chi connectivity index (χ2n) is 17.6. The molecule has 8 rings (SSSR count). The third-order valence-corrected chi connectivity index (χ3v) is 13.9. The van der Waals surface area contributed by atoms with E-state index in [1.54, 1.807) is 24.4 Å². The van der Waals surface area contributed by atoms with Crippen molar-refractivity contribution in [1.29, 1.82) is 0 Å². The van der Waals surface area contributed by atoms with Gasteiger partial charge in [0.1, 0.15) is 23.0 Å². The van der Waals surface area contributed by atoms with Gasteiger partial charge in [-0.05, 0) is 90.8 Å². The van der Waals surface area contributed by atoms with Crippen molar-refractivity contribution < 1.29 is 32.1 Å². The lowest BCUT2D eigenvalue weighted by molar-refractivity contribution is -0.384. The van der Waals surface area contributed by atoms with Gasteiger partial charge in [0.25, 0.3) is 21.6 Å². The van der Waals surface area contributed by atoms with Gasteiger partial charge in [0.15, 0.2) is 0 Å². The molecule has 2 fully saturated rings. The second-order valence-corrected chi connectivity index (χ2v) is 19.7. The summed E-state index contributed by atoms with van der Waals surface area (Å²) in [7, 11) is -4.65. The lowest BCUT2D eigenvalue weighted by Gasteiger charge is -2.39. The van der Waals surface area contributed by atoms with Crippen LogP contribution in [0.15, 0.2) is 95.5 Å². The van der Waals surface area contributed by atoms with Crippen LogP contribution in [0.5, 0.6) is 11.5 Å². The van der Waals surface area contributed by atoms with Crippen LogP contribution in [0.4, 0.5) is 21.5 Å². The van der Waals surface area contributed by atoms with Crippen molar-refractivity contribution in [1.82, 2.24) is 24.8 Å². The molecule has 18 heteroatoms. The van der Waals surface area contributed by atoms with Gasteiger partial charge < -0.3 is 25.3 Å². The Morgan fingerprint density at radius 1 is 0.969 bits per heavy atom. The van der Waals surface area contributed by atoms with E-state index in [9.17, 15) is 32.5 Å². The van der Waals surface area contributed by atoms with Crippen molar-refractivity contribution in [3.63, 3.8) is 0 Å². The summed E-state index contributed by atoms with van der Waals surface area (Å²) >= 11 is 6.24. The number of anilines is 2. The molecule has 0 radical (unpaired) electrons. The molecule has 1 aromatic heterocycles. The maximum atomic E-state index is 14.8. The molecule has 2 aliphatic heterocycles. The van der Waals surface area contributed by atoms with Gasteiger partial charge in [-0.2, -0.15) is 0 Å². The van der Waals surface area contributed by atoms with Gasteiger partial charge in [0.05, 0.1) is 27.4 Å². The lowest BCUT2D eigenvalue weighted by Crippen LogP contribution is -2.47. The zero-order valence-corrected chi connectivity index (χ0v) is 37.9. The van der Waals surface area contributed by atoms with E-state index >= 15 is 0 Å². The van der Waals surface area contributed by atoms with E-state index in [4.69, 9.17) is 16.3 Å². The number of sulfonamides is 1. The van der Waals surface area contributed by atoms with Crippen LogP contribution in [0, 0.1) is 21.3 Å². The van der Waals surface area contributed by atoms with Crippen molar-refractivity contribution in [2.45, 2.75) is 44.4 Å². The number of allylic oxidation sites excluding steroid dienone is 1. The zero-order chi connectivity index (χ0) is 45.9. The van der Waals surface area contributed by atoms with Crippen LogP contribution in [0.2, 0.25) is 5.02 Å². The van der Waals surface area contributed by atoms with Crippen molar-refractivity contribution >= 4 is 67.0 Å². The van der Waals surface area contributed by atoms with E-state index in [1.165, 1.54) is 47.0 Å². The Labute approximate surface area is 382 Å². The van der Waals surface area contributed by atoms with Crippen LogP contribution in [0.1, 0.15) is 55.5 Å². The number of nitrogens with zero attached hydrogens (tertiary/aromatic N) is 4. The second kappa shape index (κ2) is 19.2. The summed E-state index contributed by atoms with van der Waals surface area (Å²) in [5.74, 6) is -1.58. The number of hydrogen-bond acceptors (Lipinski definition) is 11. The van der Waals surface area contributed by atoms with Crippen LogP contribution in [-0.4, -0.2) is 105 Å². The van der Waals surface area contributed by atoms with Crippen molar-refractivity contribution in [3.8, 4) is 11.5 Å². The fourth-order valence-electron chi connectivity index (χ4n) is 8.80. The number of aromatic nitrogens is 1. The third kappa shape index (κ3) is 10.9. The van der Waals surface area contributed by atoms with E-state index in [0.29, 0.717) is 61.6 Å². The van der Waals surface area contributed by atoms with Crippen LogP contribution in [0.25, 0.3) is 16.5 Å². The molecular formula is C47H52ClFN8O7S. The fraction of sp³-hybridized carbons (Fsp3) is 0.362. The molecule has 15 nitrogen and oxygen atoms in total. The van der Waals surface area contributed by atoms with E-state index in [1.807, 2.05) is 17.0 Å². The van der Waals surface area contributed by atoms with Crippen LogP contribution >= 0.6 is 11.6 Å². The average molecular weight is 927 g/mol. The number of aromatic amines is 1. The molecule has 2 saturated heterocycles. The summed E-state index contributed by atoms with van der Waals surface area (Å²) in [5.41, 5.74) is 4.88. The first kappa shape index (κ1) is 45.6. The number of rotatable bonds is 15. The number of fused-ring (bicyclic) bond motifs is 1. The molecule has 342 valence electrons. The number of amides is 2. The molecular weight excluding hydrogens is 875 g/mol. The lowest BCUT2D eigenvalue weighted by atomic mass is 9.72. The molecule has 0 saturated carbocycles. The number of hydrogen-bond donors (Lipinski definition) is 4. The molecule has 3 heterocycles. The van der Waals surface area contributed by atoms with Crippen molar-refractivity contribution in [2.75, 3.05) is 75.7 Å². The molecule has 65 heavy (non-hydrogen) atoms. The first-order chi connectivity index (χ1) is 31.1. The molecule has 4 N–H and O–H groups in total. The van der Waals surface area contributed by atoms with Crippen LogP contribution in [-0.2, 0) is 14.8 Å². The highest BCUT2D eigenvalue weighted by molar-refractivity contribution is 7.90. The number of ether oxygens (including phenoxy) is 1.